The predicted molar refractivity (Wildman–Crippen MR) is 161 cm³/mol. The Morgan fingerprint density at radius 1 is 1.09 bits per heavy atom. The molecule has 2 aliphatic heterocycles. The summed E-state index contributed by atoms with van der Waals surface area (Å²) in [5.41, 5.74) is 3.35. The van der Waals surface area contributed by atoms with Gasteiger partial charge in [-0.3, -0.25) is 14.5 Å². The lowest BCUT2D eigenvalue weighted by Crippen LogP contribution is -2.35. The molecule has 0 radical (unpaired) electrons. The number of imidazole rings is 1. The summed E-state index contributed by atoms with van der Waals surface area (Å²) in [6, 6.07) is 15.5. The molecule has 0 bridgehead atoms. The van der Waals surface area contributed by atoms with E-state index in [1.165, 1.54) is 6.07 Å². The smallest absolute Gasteiger partial charge is 0.322 e. The first-order valence-corrected chi connectivity index (χ1v) is 15.1. The SMILES string of the molecule is O=C(O)CNC(=O)c1ccc2c(c1)nc(CN1CCC(c3cccc(OCc4ccc(Cl)cc4F)n3)CC1)n2C[C@@H]1CCO1. The number of halogens is 2. The Bertz CT molecular complexity index is 1670. The van der Waals surface area contributed by atoms with E-state index in [0.717, 1.165) is 56.0 Å². The van der Waals surface area contributed by atoms with Gasteiger partial charge in [-0.25, -0.2) is 14.4 Å². The fraction of sp³-hybridized carbons (Fsp3) is 0.375. The predicted octanol–water partition coefficient (Wildman–Crippen LogP) is 4.79. The standard InChI is InChI=1S/C32H33ClFN5O5/c33-23-6-4-22(25(34)15-23)19-44-30-3-1-2-26(37-30)20-8-11-38(12-9-20)18-29-36-27-14-21(32(42)35-16-31(40)41)5-7-28(27)39(29)17-24-10-13-43-24/h1-7,14-15,20,24H,8-13,16-19H2,(H,35,42)(H,40,41)/t24-/m0/s1. The van der Waals surface area contributed by atoms with Gasteiger partial charge in [-0.1, -0.05) is 23.7 Å². The number of piperidine rings is 1. The van der Waals surface area contributed by atoms with E-state index in [1.807, 2.05) is 18.2 Å². The van der Waals surface area contributed by atoms with Crippen molar-refractivity contribution < 1.29 is 28.6 Å². The van der Waals surface area contributed by atoms with Crippen LogP contribution in [0.4, 0.5) is 4.39 Å². The third kappa shape index (κ3) is 7.01. The third-order valence-corrected chi connectivity index (χ3v) is 8.41. The molecule has 2 fully saturated rings. The van der Waals surface area contributed by atoms with Gasteiger partial charge in [0.1, 0.15) is 24.8 Å². The number of hydrogen-bond acceptors (Lipinski definition) is 7. The second-order valence-electron chi connectivity index (χ2n) is 11.2. The molecular formula is C32H33ClFN5O5. The molecule has 0 unspecified atom stereocenters. The zero-order valence-electron chi connectivity index (χ0n) is 24.0. The number of likely N-dealkylation sites (tertiary alicyclic amines) is 1. The second-order valence-corrected chi connectivity index (χ2v) is 11.6. The largest absolute Gasteiger partial charge is 0.480 e. The summed E-state index contributed by atoms with van der Waals surface area (Å²) in [7, 11) is 0. The first-order valence-electron chi connectivity index (χ1n) is 14.7. The molecule has 1 amide bonds. The van der Waals surface area contributed by atoms with E-state index in [0.29, 0.717) is 40.6 Å². The molecule has 0 spiro atoms. The highest BCUT2D eigenvalue weighted by Gasteiger charge is 2.26. The average molecular weight is 622 g/mol. The summed E-state index contributed by atoms with van der Waals surface area (Å²) in [5, 5.41) is 11.6. The minimum atomic E-state index is -1.10. The first-order chi connectivity index (χ1) is 21.3. The maximum absolute atomic E-state index is 14.2. The van der Waals surface area contributed by atoms with Gasteiger partial charge in [0.05, 0.1) is 30.2 Å². The zero-order valence-corrected chi connectivity index (χ0v) is 24.8. The number of nitrogens with zero attached hydrogens (tertiary/aromatic N) is 4. The van der Waals surface area contributed by atoms with Crippen LogP contribution in [-0.2, 0) is 29.2 Å². The fourth-order valence-electron chi connectivity index (χ4n) is 5.65. The van der Waals surface area contributed by atoms with Crippen molar-refractivity contribution in [1.82, 2.24) is 24.8 Å². The highest BCUT2D eigenvalue weighted by molar-refractivity contribution is 6.30. The van der Waals surface area contributed by atoms with Crippen molar-refractivity contribution in [1.29, 1.82) is 0 Å². The molecule has 12 heteroatoms. The van der Waals surface area contributed by atoms with Crippen molar-refractivity contribution in [2.24, 2.45) is 0 Å². The lowest BCUT2D eigenvalue weighted by atomic mass is 9.93. The van der Waals surface area contributed by atoms with Crippen LogP contribution in [0.2, 0.25) is 5.02 Å². The maximum atomic E-state index is 14.2. The van der Waals surface area contributed by atoms with Crippen LogP contribution in [-0.4, -0.2) is 68.8 Å². The van der Waals surface area contributed by atoms with E-state index in [-0.39, 0.29) is 18.6 Å². The van der Waals surface area contributed by atoms with Gasteiger partial charge in [0.2, 0.25) is 5.88 Å². The number of ether oxygens (including phenoxy) is 2. The van der Waals surface area contributed by atoms with Crippen LogP contribution in [0.25, 0.3) is 11.0 Å². The third-order valence-electron chi connectivity index (χ3n) is 8.18. The summed E-state index contributed by atoms with van der Waals surface area (Å²) >= 11 is 5.85. The number of carbonyl (C=O) groups is 2. The lowest BCUT2D eigenvalue weighted by Gasteiger charge is -2.32. The van der Waals surface area contributed by atoms with Crippen LogP contribution in [0, 0.1) is 5.82 Å². The van der Waals surface area contributed by atoms with Crippen LogP contribution < -0.4 is 10.1 Å². The van der Waals surface area contributed by atoms with E-state index in [1.54, 1.807) is 30.3 Å². The Hall–Kier alpha value is -4.06. The summed E-state index contributed by atoms with van der Waals surface area (Å²) in [6.07, 6.45) is 2.96. The van der Waals surface area contributed by atoms with Crippen molar-refractivity contribution in [3.63, 3.8) is 0 Å². The first kappa shape index (κ1) is 30.0. The summed E-state index contributed by atoms with van der Waals surface area (Å²) < 4.78 is 27.8. The number of rotatable bonds is 11. The van der Waals surface area contributed by atoms with Crippen LogP contribution in [0.15, 0.2) is 54.6 Å². The highest BCUT2D eigenvalue weighted by atomic mass is 35.5. The van der Waals surface area contributed by atoms with Crippen LogP contribution in [0.5, 0.6) is 5.88 Å². The van der Waals surface area contributed by atoms with Crippen molar-refractivity contribution in [3.8, 4) is 5.88 Å². The Balaban J connectivity index is 1.11. The van der Waals surface area contributed by atoms with Gasteiger partial charge in [0.25, 0.3) is 5.91 Å². The zero-order chi connectivity index (χ0) is 30.6. The Labute approximate surface area is 258 Å². The topological polar surface area (TPSA) is 119 Å². The van der Waals surface area contributed by atoms with Gasteiger partial charge in [0, 0.05) is 40.4 Å². The molecular weight excluding hydrogens is 589 g/mol. The van der Waals surface area contributed by atoms with Crippen molar-refractivity contribution in [2.45, 2.75) is 51.0 Å². The normalized spacial score (nSPS) is 17.4. The molecule has 6 rings (SSSR count). The van der Waals surface area contributed by atoms with Crippen LogP contribution in [0.1, 0.15) is 52.6 Å². The van der Waals surface area contributed by atoms with Crippen molar-refractivity contribution >= 4 is 34.5 Å². The van der Waals surface area contributed by atoms with Gasteiger partial charge in [-0.05, 0) is 68.8 Å². The number of amides is 1. The van der Waals surface area contributed by atoms with E-state index >= 15 is 0 Å². The molecule has 44 heavy (non-hydrogen) atoms. The number of carbonyl (C=O) groups excluding carboxylic acids is 1. The molecule has 0 aliphatic carbocycles. The number of aliphatic carboxylic acids is 1. The molecule has 2 aromatic carbocycles. The molecule has 10 nitrogen and oxygen atoms in total. The molecule has 2 aromatic heterocycles. The molecule has 2 aliphatic rings. The number of aromatic nitrogens is 3. The van der Waals surface area contributed by atoms with E-state index in [2.05, 4.69) is 14.8 Å². The van der Waals surface area contributed by atoms with Gasteiger partial charge < -0.3 is 24.5 Å². The van der Waals surface area contributed by atoms with Gasteiger partial charge in [-0.2, -0.15) is 0 Å². The highest BCUT2D eigenvalue weighted by Crippen LogP contribution is 2.30. The molecule has 0 saturated carbocycles. The van der Waals surface area contributed by atoms with E-state index in [9.17, 15) is 14.0 Å². The number of benzene rings is 2. The number of fused-ring (bicyclic) bond motifs is 1. The van der Waals surface area contributed by atoms with Crippen LogP contribution >= 0.6 is 11.6 Å². The summed E-state index contributed by atoms with van der Waals surface area (Å²) in [6.45, 7) is 3.44. The van der Waals surface area contributed by atoms with E-state index < -0.39 is 24.2 Å². The molecule has 4 aromatic rings. The van der Waals surface area contributed by atoms with E-state index in [4.69, 9.17) is 36.1 Å². The van der Waals surface area contributed by atoms with Gasteiger partial charge >= 0.3 is 5.97 Å². The molecule has 4 heterocycles. The monoisotopic (exact) mass is 621 g/mol. The quantitative estimate of drug-likeness (QED) is 0.246. The number of nitrogens with one attached hydrogen (secondary N) is 1. The average Bonchev–Trinajstić information content (AvgIpc) is 3.33. The molecule has 2 saturated heterocycles. The molecule has 2 N–H and O–H groups in total. The minimum Gasteiger partial charge on any atom is -0.480 e. The van der Waals surface area contributed by atoms with Gasteiger partial charge in [-0.15, -0.1) is 0 Å². The molecule has 230 valence electrons. The van der Waals surface area contributed by atoms with Crippen molar-refractivity contribution in [2.75, 3.05) is 26.2 Å². The Kier molecular flexibility index (Phi) is 9.06. The fourth-order valence-corrected chi connectivity index (χ4v) is 5.81. The second kappa shape index (κ2) is 13.3. The lowest BCUT2D eigenvalue weighted by molar-refractivity contribution is -0.135. The summed E-state index contributed by atoms with van der Waals surface area (Å²) in [5.74, 6) is -0.317. The van der Waals surface area contributed by atoms with Crippen LogP contribution in [0.3, 0.4) is 0 Å². The Morgan fingerprint density at radius 2 is 1.91 bits per heavy atom. The molecule has 1 atom stereocenters. The number of carboxylic acid groups (broad SMARTS) is 1. The number of carboxylic acids is 1. The number of pyridine rings is 1. The number of hydrogen-bond donors (Lipinski definition) is 2. The van der Waals surface area contributed by atoms with Gasteiger partial charge in [0.15, 0.2) is 0 Å². The van der Waals surface area contributed by atoms with Crippen molar-refractivity contribution in [3.05, 3.63) is 88.1 Å². The minimum absolute atomic E-state index is 0.0687. The maximum Gasteiger partial charge on any atom is 0.322 e. The summed E-state index contributed by atoms with van der Waals surface area (Å²) in [4.78, 5) is 35.3. The Morgan fingerprint density at radius 3 is 2.64 bits per heavy atom.